The number of rotatable bonds is 9. The number of benzene rings is 2. The highest BCUT2D eigenvalue weighted by molar-refractivity contribution is 5.96. The minimum absolute atomic E-state index is 0.101. The molecule has 9 heteroatoms. The zero-order chi connectivity index (χ0) is 22.3. The molecule has 0 radical (unpaired) electrons. The van der Waals surface area contributed by atoms with Crippen molar-refractivity contribution >= 4 is 23.2 Å². The molecule has 0 spiro atoms. The van der Waals surface area contributed by atoms with Crippen LogP contribution in [0.2, 0.25) is 0 Å². The van der Waals surface area contributed by atoms with Gasteiger partial charge in [-0.1, -0.05) is 12.1 Å². The molecule has 2 aromatic carbocycles. The van der Waals surface area contributed by atoms with Crippen molar-refractivity contribution in [2.24, 2.45) is 0 Å². The molecule has 8 nitrogen and oxygen atoms in total. The Labute approximate surface area is 174 Å². The molecule has 30 heavy (non-hydrogen) atoms. The molecule has 0 fully saturated rings. The minimum atomic E-state index is -0.569. The molecule has 0 atom stereocenters. The Morgan fingerprint density at radius 1 is 1.17 bits per heavy atom. The van der Waals surface area contributed by atoms with Crippen LogP contribution in [0.25, 0.3) is 0 Å². The molecule has 2 rings (SSSR count). The number of nitrogens with zero attached hydrogens (tertiary/aromatic N) is 2. The number of amides is 2. The summed E-state index contributed by atoms with van der Waals surface area (Å²) in [6.45, 7) is 5.83. The van der Waals surface area contributed by atoms with Gasteiger partial charge in [-0.05, 0) is 50.6 Å². The van der Waals surface area contributed by atoms with Crippen molar-refractivity contribution in [2.45, 2.75) is 33.4 Å². The van der Waals surface area contributed by atoms with Crippen molar-refractivity contribution < 1.29 is 18.9 Å². The summed E-state index contributed by atoms with van der Waals surface area (Å²) in [5, 5.41) is 17.0. The Kier molecular flexibility index (Phi) is 7.85. The first-order valence-electron chi connectivity index (χ1n) is 9.56. The van der Waals surface area contributed by atoms with E-state index >= 15 is 0 Å². The van der Waals surface area contributed by atoms with Crippen molar-refractivity contribution in [1.82, 2.24) is 10.6 Å². The summed E-state index contributed by atoms with van der Waals surface area (Å²) in [6, 6.07) is 9.83. The Morgan fingerprint density at radius 3 is 2.40 bits per heavy atom. The standard InChI is InChI=1S/C21H25FN4O4/c1-4-25(13-20(27)23-12-15-5-8-17(22)9-6-15)18-10-7-16(11-19(18)26(29)30)21(28)24-14(2)3/h5-11,14H,4,12-13H2,1-3H3,(H,23,27)(H,24,28). The van der Waals surface area contributed by atoms with Crippen LogP contribution >= 0.6 is 0 Å². The number of nitro benzene ring substituents is 1. The van der Waals surface area contributed by atoms with Crippen LogP contribution in [-0.4, -0.2) is 35.9 Å². The van der Waals surface area contributed by atoms with E-state index in [0.29, 0.717) is 6.54 Å². The molecule has 0 aromatic heterocycles. The van der Waals surface area contributed by atoms with Crippen LogP contribution in [0, 0.1) is 15.9 Å². The summed E-state index contributed by atoms with van der Waals surface area (Å²) in [6.07, 6.45) is 0. The average molecular weight is 416 g/mol. The summed E-state index contributed by atoms with van der Waals surface area (Å²) < 4.78 is 13.0. The topological polar surface area (TPSA) is 105 Å². The Bertz CT molecular complexity index is 916. The van der Waals surface area contributed by atoms with E-state index in [1.807, 2.05) is 0 Å². The molecule has 2 aromatic rings. The van der Waals surface area contributed by atoms with E-state index < -0.39 is 10.8 Å². The largest absolute Gasteiger partial charge is 0.357 e. The lowest BCUT2D eigenvalue weighted by atomic mass is 10.1. The zero-order valence-electron chi connectivity index (χ0n) is 17.1. The van der Waals surface area contributed by atoms with Gasteiger partial charge in [0.15, 0.2) is 0 Å². The molecule has 0 heterocycles. The van der Waals surface area contributed by atoms with Crippen LogP contribution in [0.3, 0.4) is 0 Å². The number of likely N-dealkylation sites (N-methyl/N-ethyl adjacent to an activating group) is 1. The molecule has 0 saturated carbocycles. The predicted molar refractivity (Wildman–Crippen MR) is 112 cm³/mol. The van der Waals surface area contributed by atoms with Crippen molar-refractivity contribution in [2.75, 3.05) is 18.0 Å². The summed E-state index contributed by atoms with van der Waals surface area (Å²) in [5.41, 5.74) is 0.912. The quantitative estimate of drug-likeness (QED) is 0.483. The number of carbonyl (C=O) groups excluding carboxylic acids is 2. The first-order chi connectivity index (χ1) is 14.2. The third-order valence-corrected chi connectivity index (χ3v) is 4.31. The number of nitro groups is 1. The van der Waals surface area contributed by atoms with Crippen LogP contribution in [-0.2, 0) is 11.3 Å². The van der Waals surface area contributed by atoms with Crippen molar-refractivity contribution in [3.8, 4) is 0 Å². The minimum Gasteiger partial charge on any atom is -0.357 e. The number of anilines is 1. The van der Waals surface area contributed by atoms with Crippen molar-refractivity contribution in [3.63, 3.8) is 0 Å². The fourth-order valence-corrected chi connectivity index (χ4v) is 2.82. The summed E-state index contributed by atoms with van der Waals surface area (Å²) in [7, 11) is 0. The van der Waals surface area contributed by atoms with Gasteiger partial charge in [-0.3, -0.25) is 19.7 Å². The van der Waals surface area contributed by atoms with E-state index in [2.05, 4.69) is 10.6 Å². The molecule has 0 unspecified atom stereocenters. The van der Waals surface area contributed by atoms with E-state index in [9.17, 15) is 24.1 Å². The van der Waals surface area contributed by atoms with Crippen LogP contribution in [0.4, 0.5) is 15.8 Å². The van der Waals surface area contributed by atoms with Crippen LogP contribution < -0.4 is 15.5 Å². The van der Waals surface area contributed by atoms with Gasteiger partial charge in [0.1, 0.15) is 11.5 Å². The summed E-state index contributed by atoms with van der Waals surface area (Å²) in [4.78, 5) is 37.1. The Hall–Kier alpha value is -3.49. The second kappa shape index (κ2) is 10.3. The lowest BCUT2D eigenvalue weighted by Gasteiger charge is -2.22. The van der Waals surface area contributed by atoms with Gasteiger partial charge in [-0.15, -0.1) is 0 Å². The van der Waals surface area contributed by atoms with Gasteiger partial charge in [0.25, 0.3) is 11.6 Å². The average Bonchev–Trinajstić information content (AvgIpc) is 2.70. The van der Waals surface area contributed by atoms with Gasteiger partial charge >= 0.3 is 0 Å². The van der Waals surface area contributed by atoms with E-state index in [1.165, 1.54) is 30.3 Å². The normalized spacial score (nSPS) is 10.6. The molecule has 0 bridgehead atoms. The maximum Gasteiger partial charge on any atom is 0.293 e. The second-order valence-electron chi connectivity index (χ2n) is 7.01. The molecular weight excluding hydrogens is 391 g/mol. The fourth-order valence-electron chi connectivity index (χ4n) is 2.82. The first-order valence-corrected chi connectivity index (χ1v) is 9.56. The second-order valence-corrected chi connectivity index (χ2v) is 7.01. The monoisotopic (exact) mass is 416 g/mol. The molecular formula is C21H25FN4O4. The van der Waals surface area contributed by atoms with Crippen LogP contribution in [0.15, 0.2) is 42.5 Å². The molecule has 0 saturated heterocycles. The van der Waals surface area contributed by atoms with Gasteiger partial charge in [0.05, 0.1) is 11.5 Å². The van der Waals surface area contributed by atoms with Gasteiger partial charge in [0, 0.05) is 30.8 Å². The maximum atomic E-state index is 13.0. The van der Waals surface area contributed by atoms with Gasteiger partial charge < -0.3 is 15.5 Å². The molecule has 2 N–H and O–H groups in total. The first kappa shape index (κ1) is 22.8. The lowest BCUT2D eigenvalue weighted by Crippen LogP contribution is -2.37. The molecule has 0 aliphatic rings. The highest BCUT2D eigenvalue weighted by atomic mass is 19.1. The number of halogens is 1. The van der Waals surface area contributed by atoms with Crippen LogP contribution in [0.1, 0.15) is 36.7 Å². The number of nitrogens with one attached hydrogen (secondary N) is 2. The molecule has 0 aliphatic carbocycles. The van der Waals surface area contributed by atoms with Crippen molar-refractivity contribution in [3.05, 3.63) is 69.5 Å². The fraction of sp³-hybridized carbons (Fsp3) is 0.333. The van der Waals surface area contributed by atoms with Gasteiger partial charge in [-0.2, -0.15) is 0 Å². The lowest BCUT2D eigenvalue weighted by molar-refractivity contribution is -0.384. The third kappa shape index (κ3) is 6.26. The molecule has 2 amide bonds. The van der Waals surface area contributed by atoms with Gasteiger partial charge in [-0.25, -0.2) is 4.39 Å². The Balaban J connectivity index is 2.13. The maximum absolute atomic E-state index is 13.0. The SMILES string of the molecule is CCN(CC(=O)NCc1ccc(F)cc1)c1ccc(C(=O)NC(C)C)cc1[N+](=O)[O-]. The molecule has 0 aliphatic heterocycles. The van der Waals surface area contributed by atoms with E-state index in [4.69, 9.17) is 0 Å². The highest BCUT2D eigenvalue weighted by Crippen LogP contribution is 2.29. The van der Waals surface area contributed by atoms with E-state index in [1.54, 1.807) is 37.8 Å². The van der Waals surface area contributed by atoms with Crippen LogP contribution in [0.5, 0.6) is 0 Å². The van der Waals surface area contributed by atoms with E-state index in [0.717, 1.165) is 5.56 Å². The highest BCUT2D eigenvalue weighted by Gasteiger charge is 2.23. The van der Waals surface area contributed by atoms with Crippen molar-refractivity contribution in [1.29, 1.82) is 0 Å². The zero-order valence-corrected chi connectivity index (χ0v) is 17.1. The third-order valence-electron chi connectivity index (χ3n) is 4.31. The predicted octanol–water partition coefficient (Wildman–Crippen LogP) is 3.01. The summed E-state index contributed by atoms with van der Waals surface area (Å²) in [5.74, 6) is -1.10. The summed E-state index contributed by atoms with van der Waals surface area (Å²) >= 11 is 0. The number of carbonyl (C=O) groups is 2. The smallest absolute Gasteiger partial charge is 0.293 e. The Morgan fingerprint density at radius 2 is 1.83 bits per heavy atom. The van der Waals surface area contributed by atoms with E-state index in [-0.39, 0.29) is 47.8 Å². The van der Waals surface area contributed by atoms with Gasteiger partial charge in [0.2, 0.25) is 5.91 Å². The molecule has 160 valence electrons. The number of hydrogen-bond acceptors (Lipinski definition) is 5. The number of hydrogen-bond donors (Lipinski definition) is 2.